The number of nitrogens with zero attached hydrogens (tertiary/aromatic N) is 2. The van der Waals surface area contributed by atoms with Crippen molar-refractivity contribution in [3.63, 3.8) is 0 Å². The normalized spacial score (nSPS) is 20.8. The molecule has 170 valence electrons. The van der Waals surface area contributed by atoms with Crippen molar-refractivity contribution in [1.29, 1.82) is 0 Å². The summed E-state index contributed by atoms with van der Waals surface area (Å²) in [6, 6.07) is 12.4. The molecule has 8 heteroatoms. The van der Waals surface area contributed by atoms with Crippen LogP contribution in [0, 0.1) is 5.92 Å². The van der Waals surface area contributed by atoms with Crippen molar-refractivity contribution in [2.24, 2.45) is 5.92 Å². The molecular weight excluding hydrogens is 432 g/mol. The molecule has 0 saturated carbocycles. The molecule has 2 aliphatic heterocycles. The van der Waals surface area contributed by atoms with E-state index in [4.69, 9.17) is 25.8 Å². The van der Waals surface area contributed by atoms with E-state index in [0.717, 1.165) is 5.56 Å². The average molecular weight is 459 g/mol. The number of hydrogen-bond donors (Lipinski definition) is 0. The van der Waals surface area contributed by atoms with Gasteiger partial charge in [-0.15, -0.1) is 0 Å². The highest BCUT2D eigenvalue weighted by atomic mass is 35.5. The third kappa shape index (κ3) is 4.54. The summed E-state index contributed by atoms with van der Waals surface area (Å²) in [5, 5.41) is 0.502. The number of hydrogen-bond acceptors (Lipinski definition) is 5. The Labute approximate surface area is 192 Å². The lowest BCUT2D eigenvalue weighted by Gasteiger charge is -2.31. The number of morpholine rings is 1. The van der Waals surface area contributed by atoms with Gasteiger partial charge in [0.25, 0.3) is 5.91 Å². The van der Waals surface area contributed by atoms with Crippen LogP contribution in [-0.4, -0.2) is 75.2 Å². The van der Waals surface area contributed by atoms with Gasteiger partial charge in [0.2, 0.25) is 5.91 Å². The molecule has 4 rings (SSSR count). The zero-order valence-corrected chi connectivity index (χ0v) is 19.0. The molecule has 0 aromatic heterocycles. The van der Waals surface area contributed by atoms with Crippen LogP contribution in [0.15, 0.2) is 42.5 Å². The van der Waals surface area contributed by atoms with Gasteiger partial charge >= 0.3 is 0 Å². The van der Waals surface area contributed by atoms with Gasteiger partial charge in [-0.1, -0.05) is 17.7 Å². The number of carbonyl (C=O) groups is 2. The van der Waals surface area contributed by atoms with Crippen LogP contribution < -0.4 is 9.47 Å². The number of halogens is 1. The van der Waals surface area contributed by atoms with Crippen LogP contribution in [0.1, 0.15) is 21.8 Å². The highest BCUT2D eigenvalue weighted by Crippen LogP contribution is 2.40. The molecule has 2 atom stereocenters. The lowest BCUT2D eigenvalue weighted by Crippen LogP contribution is -2.45. The zero-order valence-electron chi connectivity index (χ0n) is 18.3. The van der Waals surface area contributed by atoms with Gasteiger partial charge in [-0.3, -0.25) is 9.59 Å². The molecule has 2 aromatic rings. The summed E-state index contributed by atoms with van der Waals surface area (Å²) in [6.07, 6.45) is 0. The monoisotopic (exact) mass is 458 g/mol. The Morgan fingerprint density at radius 3 is 2.47 bits per heavy atom. The highest BCUT2D eigenvalue weighted by Gasteiger charge is 2.43. The first-order valence-corrected chi connectivity index (χ1v) is 11.0. The summed E-state index contributed by atoms with van der Waals surface area (Å²) in [6.45, 7) is 2.88. The lowest BCUT2D eigenvalue weighted by molar-refractivity contribution is -0.139. The fourth-order valence-corrected chi connectivity index (χ4v) is 4.68. The quantitative estimate of drug-likeness (QED) is 0.688. The number of ether oxygens (including phenoxy) is 3. The van der Waals surface area contributed by atoms with Crippen LogP contribution in [0.4, 0.5) is 0 Å². The van der Waals surface area contributed by atoms with Gasteiger partial charge in [-0.25, -0.2) is 0 Å². The van der Waals surface area contributed by atoms with E-state index in [-0.39, 0.29) is 17.7 Å². The van der Waals surface area contributed by atoms with Crippen LogP contribution >= 0.6 is 11.6 Å². The predicted molar refractivity (Wildman–Crippen MR) is 121 cm³/mol. The smallest absolute Gasteiger partial charge is 0.253 e. The van der Waals surface area contributed by atoms with Crippen molar-refractivity contribution < 1.29 is 23.8 Å². The number of rotatable bonds is 5. The fraction of sp³-hybridized carbons (Fsp3) is 0.417. The van der Waals surface area contributed by atoms with Crippen LogP contribution in [0.3, 0.4) is 0 Å². The summed E-state index contributed by atoms with van der Waals surface area (Å²) in [7, 11) is 3.21. The van der Waals surface area contributed by atoms with Crippen molar-refractivity contribution in [3.8, 4) is 11.5 Å². The Balaban J connectivity index is 1.68. The molecule has 7 nitrogen and oxygen atoms in total. The highest BCUT2D eigenvalue weighted by molar-refractivity contribution is 6.30. The summed E-state index contributed by atoms with van der Waals surface area (Å²) in [4.78, 5) is 30.4. The average Bonchev–Trinajstić information content (AvgIpc) is 3.28. The molecule has 0 spiro atoms. The van der Waals surface area contributed by atoms with Gasteiger partial charge in [0.05, 0.1) is 33.4 Å². The molecule has 2 amide bonds. The molecule has 0 radical (unpaired) electrons. The van der Waals surface area contributed by atoms with Crippen LogP contribution in [-0.2, 0) is 9.53 Å². The van der Waals surface area contributed by atoms with E-state index in [1.165, 1.54) is 0 Å². The molecule has 0 N–H and O–H groups in total. The van der Waals surface area contributed by atoms with Gasteiger partial charge in [0.1, 0.15) is 11.5 Å². The molecule has 0 aliphatic carbocycles. The van der Waals surface area contributed by atoms with Gasteiger partial charge in [-0.05, 0) is 36.4 Å². The number of carbonyl (C=O) groups excluding carboxylic acids is 2. The summed E-state index contributed by atoms with van der Waals surface area (Å²) >= 11 is 6.10. The summed E-state index contributed by atoms with van der Waals surface area (Å²) < 4.78 is 16.4. The Morgan fingerprint density at radius 1 is 1.00 bits per heavy atom. The summed E-state index contributed by atoms with van der Waals surface area (Å²) in [5.41, 5.74) is 1.37. The number of benzene rings is 2. The van der Waals surface area contributed by atoms with Crippen molar-refractivity contribution >= 4 is 23.4 Å². The molecule has 2 heterocycles. The Morgan fingerprint density at radius 2 is 1.78 bits per heavy atom. The van der Waals surface area contributed by atoms with Gasteiger partial charge < -0.3 is 24.0 Å². The molecule has 2 aromatic carbocycles. The molecule has 32 heavy (non-hydrogen) atoms. The molecular formula is C24H27ClN2O5. The first-order valence-electron chi connectivity index (χ1n) is 10.6. The first-order chi connectivity index (χ1) is 15.5. The van der Waals surface area contributed by atoms with E-state index in [1.54, 1.807) is 43.4 Å². The SMILES string of the molecule is COc1ccc(OC)c(C2CN(C(=O)c3cccc(Cl)c3)CC2C(=O)N2CCOCC2)c1. The first kappa shape index (κ1) is 22.4. The van der Waals surface area contributed by atoms with E-state index in [9.17, 15) is 9.59 Å². The second-order valence-electron chi connectivity index (χ2n) is 7.98. The van der Waals surface area contributed by atoms with Crippen molar-refractivity contribution in [1.82, 2.24) is 9.80 Å². The predicted octanol–water partition coefficient (Wildman–Crippen LogP) is 3.07. The maximum atomic E-state index is 13.5. The Kier molecular flexibility index (Phi) is 6.86. The minimum Gasteiger partial charge on any atom is -0.497 e. The van der Waals surface area contributed by atoms with E-state index in [0.29, 0.717) is 61.5 Å². The van der Waals surface area contributed by atoms with Crippen LogP contribution in [0.25, 0.3) is 0 Å². The Bertz CT molecular complexity index is 992. The fourth-order valence-electron chi connectivity index (χ4n) is 4.49. The largest absolute Gasteiger partial charge is 0.497 e. The third-order valence-corrected chi connectivity index (χ3v) is 6.39. The molecule has 2 unspecified atom stereocenters. The van der Waals surface area contributed by atoms with Gasteiger partial charge in [0, 0.05) is 48.2 Å². The number of amides is 2. The molecule has 2 aliphatic rings. The van der Waals surface area contributed by atoms with Crippen molar-refractivity contribution in [2.45, 2.75) is 5.92 Å². The standard InChI is InChI=1S/C24H27ClN2O5/c1-30-18-6-7-22(31-2)19(13-18)20-14-27(23(28)16-4-3-5-17(25)12-16)15-21(20)24(29)26-8-10-32-11-9-26/h3-7,12-13,20-21H,8-11,14-15H2,1-2H3. The zero-order chi connectivity index (χ0) is 22.7. The van der Waals surface area contributed by atoms with E-state index >= 15 is 0 Å². The summed E-state index contributed by atoms with van der Waals surface area (Å²) in [5.74, 6) is 0.627. The minimum atomic E-state index is -0.391. The van der Waals surface area contributed by atoms with E-state index < -0.39 is 5.92 Å². The topological polar surface area (TPSA) is 68.3 Å². The minimum absolute atomic E-state index is 0.0320. The van der Waals surface area contributed by atoms with Crippen LogP contribution in [0.2, 0.25) is 5.02 Å². The Hall–Kier alpha value is -2.77. The second kappa shape index (κ2) is 9.79. The van der Waals surface area contributed by atoms with Gasteiger partial charge in [-0.2, -0.15) is 0 Å². The van der Waals surface area contributed by atoms with Gasteiger partial charge in [0.15, 0.2) is 0 Å². The molecule has 2 saturated heterocycles. The number of methoxy groups -OCH3 is 2. The number of likely N-dealkylation sites (tertiary alicyclic amines) is 1. The third-order valence-electron chi connectivity index (χ3n) is 6.15. The maximum absolute atomic E-state index is 13.5. The van der Waals surface area contributed by atoms with E-state index in [2.05, 4.69) is 0 Å². The van der Waals surface area contributed by atoms with Crippen molar-refractivity contribution in [2.75, 3.05) is 53.6 Å². The molecule has 0 bridgehead atoms. The second-order valence-corrected chi connectivity index (χ2v) is 8.42. The maximum Gasteiger partial charge on any atom is 0.253 e. The molecule has 2 fully saturated rings. The lowest BCUT2D eigenvalue weighted by atomic mass is 9.87. The van der Waals surface area contributed by atoms with Crippen LogP contribution in [0.5, 0.6) is 11.5 Å². The van der Waals surface area contributed by atoms with Crippen molar-refractivity contribution in [3.05, 3.63) is 58.6 Å². The van der Waals surface area contributed by atoms with E-state index in [1.807, 2.05) is 23.1 Å².